The second-order valence-electron chi connectivity index (χ2n) is 9.72. The minimum Gasteiger partial charge on any atom is -0.465 e. The number of amides is 1. The van der Waals surface area contributed by atoms with Crippen molar-refractivity contribution in [2.45, 2.75) is 56.3 Å². The summed E-state index contributed by atoms with van der Waals surface area (Å²) >= 11 is 1.74. The van der Waals surface area contributed by atoms with Gasteiger partial charge in [-0.2, -0.15) is 39.5 Å². The number of carboxylic acid groups (broad SMARTS) is 1. The molecule has 4 rings (SSSR count). The standard InChI is InChI=1S/C26H20F9IN4O2/c1-2-23(37)10-17(16-9-13(24(27,28)29)3-4-20(16)40(23)22(41)42)21-38-11-18(36)19(39-21)7-12-5-14(25(30,31)32)8-15(6-12)26(33,34)35/h3-6,8-9,11,17H,2,7,10,37H2,1H3,(H,41,42)/t17-,23+/m0/s1. The summed E-state index contributed by atoms with van der Waals surface area (Å²) < 4.78 is 121. The van der Waals surface area contributed by atoms with E-state index in [1.165, 1.54) is 6.20 Å². The smallest absolute Gasteiger partial charge is 0.416 e. The molecule has 2 aromatic carbocycles. The maximum Gasteiger partial charge on any atom is 0.416 e. The second-order valence-corrected chi connectivity index (χ2v) is 10.9. The van der Waals surface area contributed by atoms with Gasteiger partial charge in [-0.15, -0.1) is 0 Å². The molecule has 6 nitrogen and oxygen atoms in total. The van der Waals surface area contributed by atoms with Gasteiger partial charge in [0.25, 0.3) is 0 Å². The topological polar surface area (TPSA) is 92.3 Å². The molecule has 2 heterocycles. The first kappa shape index (κ1) is 31.8. The van der Waals surface area contributed by atoms with Gasteiger partial charge < -0.3 is 10.8 Å². The van der Waals surface area contributed by atoms with Gasteiger partial charge in [0.15, 0.2) is 0 Å². The molecule has 0 unspecified atom stereocenters. The van der Waals surface area contributed by atoms with Crippen LogP contribution in [0.25, 0.3) is 0 Å². The van der Waals surface area contributed by atoms with Crippen molar-refractivity contribution in [2.75, 3.05) is 4.90 Å². The van der Waals surface area contributed by atoms with Crippen molar-refractivity contribution in [2.24, 2.45) is 5.73 Å². The van der Waals surface area contributed by atoms with Gasteiger partial charge in [-0.25, -0.2) is 14.8 Å². The number of alkyl halides is 9. The van der Waals surface area contributed by atoms with E-state index in [4.69, 9.17) is 5.73 Å². The highest BCUT2D eigenvalue weighted by Crippen LogP contribution is 2.47. The molecule has 1 aromatic heterocycles. The first-order valence-corrected chi connectivity index (χ1v) is 13.2. The van der Waals surface area contributed by atoms with E-state index in [9.17, 15) is 49.4 Å². The quantitative estimate of drug-likeness (QED) is 0.212. The van der Waals surface area contributed by atoms with Gasteiger partial charge in [0.05, 0.1) is 31.6 Å². The largest absolute Gasteiger partial charge is 0.465 e. The van der Waals surface area contributed by atoms with Crippen LogP contribution in [0.15, 0.2) is 42.6 Å². The Morgan fingerprint density at radius 3 is 2.07 bits per heavy atom. The Morgan fingerprint density at radius 2 is 1.57 bits per heavy atom. The molecule has 16 heteroatoms. The van der Waals surface area contributed by atoms with Crippen molar-refractivity contribution < 1.29 is 49.4 Å². The van der Waals surface area contributed by atoms with Crippen molar-refractivity contribution in [1.29, 1.82) is 0 Å². The summed E-state index contributed by atoms with van der Waals surface area (Å²) in [6.45, 7) is 1.58. The number of hydrogen-bond acceptors (Lipinski definition) is 4. The molecule has 1 aliphatic rings. The van der Waals surface area contributed by atoms with E-state index in [2.05, 4.69) is 9.97 Å². The lowest BCUT2D eigenvalue weighted by Crippen LogP contribution is -2.61. The summed E-state index contributed by atoms with van der Waals surface area (Å²) in [4.78, 5) is 21.5. The minimum absolute atomic E-state index is 0.00312. The van der Waals surface area contributed by atoms with Crippen molar-refractivity contribution >= 4 is 34.4 Å². The van der Waals surface area contributed by atoms with Crippen molar-refractivity contribution in [3.8, 4) is 0 Å². The summed E-state index contributed by atoms with van der Waals surface area (Å²) in [5, 5.41) is 9.87. The number of nitrogens with zero attached hydrogens (tertiary/aromatic N) is 3. The van der Waals surface area contributed by atoms with Crippen molar-refractivity contribution in [3.05, 3.63) is 85.5 Å². The number of nitrogens with two attached hydrogens (primary N) is 1. The Balaban J connectivity index is 1.86. The summed E-state index contributed by atoms with van der Waals surface area (Å²) in [7, 11) is 0. The fourth-order valence-electron chi connectivity index (χ4n) is 4.86. The molecule has 0 aliphatic carbocycles. The highest BCUT2D eigenvalue weighted by molar-refractivity contribution is 14.1. The monoisotopic (exact) mass is 718 g/mol. The zero-order valence-electron chi connectivity index (χ0n) is 21.3. The van der Waals surface area contributed by atoms with Crippen LogP contribution in [0, 0.1) is 3.57 Å². The maximum absolute atomic E-state index is 13.6. The zero-order valence-corrected chi connectivity index (χ0v) is 23.5. The molecule has 1 amide bonds. The molecule has 0 spiro atoms. The Morgan fingerprint density at radius 1 is 1.00 bits per heavy atom. The maximum atomic E-state index is 13.6. The average Bonchev–Trinajstić information content (AvgIpc) is 2.87. The lowest BCUT2D eigenvalue weighted by molar-refractivity contribution is -0.143. The number of rotatable bonds is 4. The lowest BCUT2D eigenvalue weighted by atomic mass is 9.80. The molecule has 0 bridgehead atoms. The van der Waals surface area contributed by atoms with Crippen LogP contribution in [0.3, 0.4) is 0 Å². The van der Waals surface area contributed by atoms with Gasteiger partial charge in [0.1, 0.15) is 11.5 Å². The number of aromatic nitrogens is 2. The van der Waals surface area contributed by atoms with E-state index in [0.717, 1.165) is 17.0 Å². The third-order valence-corrected chi connectivity index (χ3v) is 7.84. The van der Waals surface area contributed by atoms with E-state index in [1.54, 1.807) is 29.5 Å². The molecule has 3 N–H and O–H groups in total. The molecule has 0 saturated carbocycles. The number of halogens is 10. The van der Waals surface area contributed by atoms with Crippen LogP contribution in [0.4, 0.5) is 50.0 Å². The fourth-order valence-corrected chi connectivity index (χ4v) is 5.31. The lowest BCUT2D eigenvalue weighted by Gasteiger charge is -2.46. The summed E-state index contributed by atoms with van der Waals surface area (Å²) in [5.74, 6) is -1.21. The molecule has 3 aromatic rings. The number of fused-ring (bicyclic) bond motifs is 1. The minimum atomic E-state index is -5.07. The normalized spacial score (nSPS) is 19.5. The molecule has 0 radical (unpaired) electrons. The third-order valence-electron chi connectivity index (χ3n) is 6.94. The molecule has 2 atom stereocenters. The van der Waals surface area contributed by atoms with Crippen LogP contribution >= 0.6 is 22.6 Å². The van der Waals surface area contributed by atoms with Crippen LogP contribution < -0.4 is 10.6 Å². The van der Waals surface area contributed by atoms with E-state index in [0.29, 0.717) is 18.2 Å². The molecular formula is C26H20F9IN4O2. The van der Waals surface area contributed by atoms with Gasteiger partial charge in [0, 0.05) is 18.5 Å². The van der Waals surface area contributed by atoms with Crippen molar-refractivity contribution in [3.63, 3.8) is 0 Å². The zero-order chi connectivity index (χ0) is 31.4. The summed E-state index contributed by atoms with van der Waals surface area (Å²) in [6.07, 6.45) is -15.9. The van der Waals surface area contributed by atoms with E-state index in [1.807, 2.05) is 0 Å². The molecule has 42 heavy (non-hydrogen) atoms. The first-order chi connectivity index (χ1) is 19.2. The molecule has 226 valence electrons. The average molecular weight is 718 g/mol. The Hall–Kier alpha value is -3.15. The number of anilines is 1. The van der Waals surface area contributed by atoms with Crippen LogP contribution in [-0.4, -0.2) is 26.8 Å². The van der Waals surface area contributed by atoms with Gasteiger partial charge in [-0.1, -0.05) is 6.92 Å². The van der Waals surface area contributed by atoms with Gasteiger partial charge in [-0.05, 0) is 83.0 Å². The van der Waals surface area contributed by atoms with Crippen LogP contribution in [0.2, 0.25) is 0 Å². The van der Waals surface area contributed by atoms with Crippen LogP contribution in [0.1, 0.15) is 65.0 Å². The highest BCUT2D eigenvalue weighted by Gasteiger charge is 2.47. The van der Waals surface area contributed by atoms with Crippen LogP contribution in [0.5, 0.6) is 0 Å². The predicted octanol–water partition coefficient (Wildman–Crippen LogP) is 7.81. The Labute approximate surface area is 245 Å². The highest BCUT2D eigenvalue weighted by atomic mass is 127. The SMILES string of the molecule is CC[C@]1(N)C[C@H](c2ncc(I)c(Cc3cc(C(F)(F)F)cc(C(F)(F)F)c3)n2)c2cc(C(F)(F)F)ccc2N1C(=O)O. The van der Waals surface area contributed by atoms with Gasteiger partial charge >= 0.3 is 24.6 Å². The Bertz CT molecular complexity index is 1490. The second kappa shape index (κ2) is 10.8. The van der Waals surface area contributed by atoms with Gasteiger partial charge in [0.2, 0.25) is 0 Å². The molecular weight excluding hydrogens is 698 g/mol. The first-order valence-electron chi connectivity index (χ1n) is 12.1. The Kier molecular flexibility index (Phi) is 8.20. The fraction of sp³-hybridized carbons (Fsp3) is 0.346. The molecule has 0 saturated heterocycles. The number of carbonyl (C=O) groups is 1. The number of benzene rings is 2. The van der Waals surface area contributed by atoms with Crippen molar-refractivity contribution in [1.82, 2.24) is 9.97 Å². The summed E-state index contributed by atoms with van der Waals surface area (Å²) in [5.41, 5.74) is 0.149. The van der Waals surface area contributed by atoms with Gasteiger partial charge in [-0.3, -0.25) is 4.90 Å². The van der Waals surface area contributed by atoms with E-state index < -0.39 is 59.3 Å². The molecule has 1 aliphatic heterocycles. The number of hydrogen-bond donors (Lipinski definition) is 2. The molecule has 0 fully saturated rings. The van der Waals surface area contributed by atoms with E-state index in [-0.39, 0.29) is 50.8 Å². The predicted molar refractivity (Wildman–Crippen MR) is 140 cm³/mol. The van der Waals surface area contributed by atoms with E-state index >= 15 is 0 Å². The van der Waals surface area contributed by atoms with Crippen LogP contribution in [-0.2, 0) is 24.9 Å². The summed E-state index contributed by atoms with van der Waals surface area (Å²) in [6, 6.07) is 3.56. The third kappa shape index (κ3) is 6.28.